The molecule has 0 radical (unpaired) electrons. The summed E-state index contributed by atoms with van der Waals surface area (Å²) in [6.07, 6.45) is 0. The molecule has 5 rings (SSSR count). The van der Waals surface area contributed by atoms with Crippen molar-refractivity contribution in [2.45, 2.75) is 19.1 Å². The summed E-state index contributed by atoms with van der Waals surface area (Å²) in [5, 5.41) is 11.4. The van der Waals surface area contributed by atoms with Crippen molar-refractivity contribution in [1.82, 2.24) is 15.1 Å². The van der Waals surface area contributed by atoms with Crippen LogP contribution in [0.1, 0.15) is 21.5 Å². The number of thioether (sulfide) groups is 1. The Labute approximate surface area is 226 Å². The smallest absolute Gasteiger partial charge is 0.277 e. The standard InChI is InChI=1S/C29H29N5O3S/c1-20-7-9-22(10-8-20)28(36)34-17-15-33(16-18-34)24-13-11-23(12-14-24)30-26(35)19-38-29-32-31-27(37-29)25-6-4-3-5-21(25)2/h3-14H,15-19H2,1-2H3,(H,30,35). The maximum Gasteiger partial charge on any atom is 0.277 e. The fourth-order valence-corrected chi connectivity index (χ4v) is 4.88. The van der Waals surface area contributed by atoms with Gasteiger partial charge in [-0.15, -0.1) is 10.2 Å². The molecule has 0 unspecified atom stereocenters. The molecule has 1 N–H and O–H groups in total. The number of piperazine rings is 1. The number of aryl methyl sites for hydroxylation is 2. The van der Waals surface area contributed by atoms with Crippen LogP contribution in [0.4, 0.5) is 11.4 Å². The average Bonchev–Trinajstić information content (AvgIpc) is 3.42. The van der Waals surface area contributed by atoms with Crippen LogP contribution in [0.5, 0.6) is 0 Å². The maximum absolute atomic E-state index is 12.8. The molecule has 1 aromatic heterocycles. The highest BCUT2D eigenvalue weighted by Gasteiger charge is 2.22. The summed E-state index contributed by atoms with van der Waals surface area (Å²) >= 11 is 1.20. The Morgan fingerprint density at radius 1 is 0.895 bits per heavy atom. The molecule has 0 bridgehead atoms. The Kier molecular flexibility index (Phi) is 7.74. The first-order valence-corrected chi connectivity index (χ1v) is 13.5. The number of benzene rings is 3. The molecular weight excluding hydrogens is 498 g/mol. The van der Waals surface area contributed by atoms with Gasteiger partial charge < -0.3 is 19.5 Å². The van der Waals surface area contributed by atoms with Crippen LogP contribution in [0, 0.1) is 13.8 Å². The fraction of sp³-hybridized carbons (Fsp3) is 0.241. The van der Waals surface area contributed by atoms with E-state index in [0.29, 0.717) is 24.2 Å². The van der Waals surface area contributed by atoms with E-state index in [1.807, 2.05) is 91.5 Å². The van der Waals surface area contributed by atoms with Crippen LogP contribution in [0.25, 0.3) is 11.5 Å². The highest BCUT2D eigenvalue weighted by Crippen LogP contribution is 2.26. The number of amides is 2. The van der Waals surface area contributed by atoms with Gasteiger partial charge >= 0.3 is 0 Å². The van der Waals surface area contributed by atoms with Crippen molar-refractivity contribution in [2.24, 2.45) is 0 Å². The summed E-state index contributed by atoms with van der Waals surface area (Å²) in [4.78, 5) is 29.4. The topological polar surface area (TPSA) is 91.6 Å². The van der Waals surface area contributed by atoms with Crippen LogP contribution in [-0.4, -0.2) is 58.8 Å². The van der Waals surface area contributed by atoms with Gasteiger partial charge in [-0.3, -0.25) is 9.59 Å². The van der Waals surface area contributed by atoms with Gasteiger partial charge in [-0.1, -0.05) is 47.7 Å². The first-order chi connectivity index (χ1) is 18.5. The third-order valence-electron chi connectivity index (χ3n) is 6.49. The molecule has 3 aromatic carbocycles. The van der Waals surface area contributed by atoms with Crippen LogP contribution >= 0.6 is 11.8 Å². The Bertz CT molecular complexity index is 1410. The van der Waals surface area contributed by atoms with Gasteiger partial charge in [0.05, 0.1) is 5.75 Å². The van der Waals surface area contributed by atoms with Crippen molar-refractivity contribution < 1.29 is 14.0 Å². The van der Waals surface area contributed by atoms with E-state index in [-0.39, 0.29) is 17.6 Å². The largest absolute Gasteiger partial charge is 0.411 e. The van der Waals surface area contributed by atoms with E-state index in [1.54, 1.807) is 0 Å². The van der Waals surface area contributed by atoms with Crippen molar-refractivity contribution in [3.05, 3.63) is 89.5 Å². The number of hydrogen-bond acceptors (Lipinski definition) is 7. The van der Waals surface area contributed by atoms with Crippen LogP contribution in [0.15, 0.2) is 82.4 Å². The van der Waals surface area contributed by atoms with E-state index in [1.165, 1.54) is 11.8 Å². The molecule has 2 heterocycles. The molecule has 9 heteroatoms. The van der Waals surface area contributed by atoms with E-state index in [0.717, 1.165) is 46.7 Å². The molecule has 0 saturated carbocycles. The van der Waals surface area contributed by atoms with Crippen LogP contribution in [0.3, 0.4) is 0 Å². The highest BCUT2D eigenvalue weighted by atomic mass is 32.2. The molecular formula is C29H29N5O3S. The number of nitrogens with one attached hydrogen (secondary N) is 1. The van der Waals surface area contributed by atoms with Crippen LogP contribution < -0.4 is 10.2 Å². The molecule has 38 heavy (non-hydrogen) atoms. The number of nitrogens with zero attached hydrogens (tertiary/aromatic N) is 4. The second-order valence-corrected chi connectivity index (χ2v) is 10.1. The number of rotatable bonds is 7. The zero-order valence-electron chi connectivity index (χ0n) is 21.4. The first-order valence-electron chi connectivity index (χ1n) is 12.5. The molecule has 1 saturated heterocycles. The van der Waals surface area contributed by atoms with Gasteiger partial charge in [-0.05, 0) is 61.9 Å². The minimum atomic E-state index is -0.151. The third kappa shape index (κ3) is 6.06. The monoisotopic (exact) mass is 527 g/mol. The predicted octanol–water partition coefficient (Wildman–Crippen LogP) is 5.05. The summed E-state index contributed by atoms with van der Waals surface area (Å²) in [6, 6.07) is 23.3. The van der Waals surface area contributed by atoms with Gasteiger partial charge in [0.2, 0.25) is 11.8 Å². The summed E-state index contributed by atoms with van der Waals surface area (Å²) in [7, 11) is 0. The van der Waals surface area contributed by atoms with Crippen molar-refractivity contribution >= 4 is 35.0 Å². The number of anilines is 2. The van der Waals surface area contributed by atoms with E-state index in [9.17, 15) is 9.59 Å². The van der Waals surface area contributed by atoms with Gasteiger partial charge in [0, 0.05) is 48.7 Å². The van der Waals surface area contributed by atoms with E-state index in [2.05, 4.69) is 20.4 Å². The molecule has 1 fully saturated rings. The Morgan fingerprint density at radius 3 is 2.32 bits per heavy atom. The first kappa shape index (κ1) is 25.5. The molecule has 4 aromatic rings. The Hall–Kier alpha value is -4.11. The van der Waals surface area contributed by atoms with Gasteiger partial charge in [0.25, 0.3) is 11.1 Å². The lowest BCUT2D eigenvalue weighted by Crippen LogP contribution is -2.48. The predicted molar refractivity (Wildman–Crippen MR) is 150 cm³/mol. The second-order valence-electron chi connectivity index (χ2n) is 9.22. The molecule has 2 amide bonds. The molecule has 0 spiro atoms. The van der Waals surface area contributed by atoms with Gasteiger partial charge in [-0.25, -0.2) is 0 Å². The minimum absolute atomic E-state index is 0.0764. The Balaban J connectivity index is 1.09. The van der Waals surface area contributed by atoms with E-state index < -0.39 is 0 Å². The number of carbonyl (C=O) groups is 2. The summed E-state index contributed by atoms with van der Waals surface area (Å²) in [5.74, 6) is 0.532. The van der Waals surface area contributed by atoms with E-state index >= 15 is 0 Å². The normalized spacial score (nSPS) is 13.4. The lowest BCUT2D eigenvalue weighted by Gasteiger charge is -2.36. The van der Waals surface area contributed by atoms with Crippen molar-refractivity contribution in [1.29, 1.82) is 0 Å². The summed E-state index contributed by atoms with van der Waals surface area (Å²) in [5.41, 5.74) is 5.59. The minimum Gasteiger partial charge on any atom is -0.411 e. The van der Waals surface area contributed by atoms with Gasteiger partial charge in [-0.2, -0.15) is 0 Å². The fourth-order valence-electron chi connectivity index (χ4n) is 4.32. The van der Waals surface area contributed by atoms with Gasteiger partial charge in [0.15, 0.2) is 0 Å². The SMILES string of the molecule is Cc1ccc(C(=O)N2CCN(c3ccc(NC(=O)CSc4nnc(-c5ccccc5C)o4)cc3)CC2)cc1. The quantitative estimate of drug-likeness (QED) is 0.337. The molecule has 194 valence electrons. The second kappa shape index (κ2) is 11.5. The lowest BCUT2D eigenvalue weighted by molar-refractivity contribution is -0.113. The molecule has 0 atom stereocenters. The third-order valence-corrected chi connectivity index (χ3v) is 7.31. The molecule has 1 aliphatic rings. The van der Waals surface area contributed by atoms with Crippen molar-refractivity contribution in [3.63, 3.8) is 0 Å². The van der Waals surface area contributed by atoms with Crippen LogP contribution in [-0.2, 0) is 4.79 Å². The molecule has 0 aliphatic carbocycles. The average molecular weight is 528 g/mol. The van der Waals surface area contributed by atoms with Crippen molar-refractivity contribution in [2.75, 3.05) is 42.1 Å². The summed E-state index contributed by atoms with van der Waals surface area (Å²) in [6.45, 7) is 6.86. The van der Waals surface area contributed by atoms with E-state index in [4.69, 9.17) is 4.42 Å². The zero-order valence-corrected chi connectivity index (χ0v) is 22.2. The Morgan fingerprint density at radius 2 is 1.61 bits per heavy atom. The number of hydrogen-bond donors (Lipinski definition) is 1. The maximum atomic E-state index is 12.8. The van der Waals surface area contributed by atoms with Crippen LogP contribution in [0.2, 0.25) is 0 Å². The summed E-state index contributed by atoms with van der Waals surface area (Å²) < 4.78 is 5.72. The number of carbonyl (C=O) groups excluding carboxylic acids is 2. The highest BCUT2D eigenvalue weighted by molar-refractivity contribution is 7.99. The molecule has 1 aliphatic heterocycles. The zero-order chi connectivity index (χ0) is 26.5. The van der Waals surface area contributed by atoms with Gasteiger partial charge in [0.1, 0.15) is 0 Å². The number of aromatic nitrogens is 2. The molecule has 8 nitrogen and oxygen atoms in total. The van der Waals surface area contributed by atoms with Crippen molar-refractivity contribution in [3.8, 4) is 11.5 Å². The lowest BCUT2D eigenvalue weighted by atomic mass is 10.1.